The number of hydrogen-bond donors (Lipinski definition) is 1. The van der Waals surface area contributed by atoms with E-state index in [9.17, 15) is 14.7 Å². The van der Waals surface area contributed by atoms with Gasteiger partial charge in [-0.2, -0.15) is 0 Å². The van der Waals surface area contributed by atoms with Crippen molar-refractivity contribution < 1.29 is 14.7 Å². The van der Waals surface area contributed by atoms with Gasteiger partial charge in [0.1, 0.15) is 9.88 Å². The van der Waals surface area contributed by atoms with E-state index in [0.29, 0.717) is 17.8 Å². The first-order valence-electron chi connectivity index (χ1n) is 7.63. The summed E-state index contributed by atoms with van der Waals surface area (Å²) in [5.41, 5.74) is 0.978. The molecule has 1 aromatic heterocycles. The minimum Gasteiger partial charge on any atom is -0.481 e. The monoisotopic (exact) mass is 330 g/mol. The molecule has 1 N–H and O–H groups in total. The van der Waals surface area contributed by atoms with E-state index in [4.69, 9.17) is 0 Å². The van der Waals surface area contributed by atoms with Gasteiger partial charge in [0.25, 0.3) is 5.91 Å². The van der Waals surface area contributed by atoms with Gasteiger partial charge in [-0.15, -0.1) is 11.3 Å². The standard InChI is InChI=1S/C17H18N2O3S/c1-11-13(17(21)22)8-5-9-19(11)16(20)14-10-18-15(23-14)12-6-3-2-4-7-12/h2-4,6-7,10-11,13H,5,8-9H2,1H3,(H,21,22)/t11-,13-/m1/s1. The van der Waals surface area contributed by atoms with Crippen LogP contribution in [0.4, 0.5) is 0 Å². The van der Waals surface area contributed by atoms with E-state index in [1.165, 1.54) is 11.3 Å². The third kappa shape index (κ3) is 3.12. The minimum absolute atomic E-state index is 0.122. The van der Waals surface area contributed by atoms with Gasteiger partial charge in [0.05, 0.1) is 12.1 Å². The van der Waals surface area contributed by atoms with E-state index < -0.39 is 11.9 Å². The highest BCUT2D eigenvalue weighted by Crippen LogP contribution is 2.29. The molecule has 1 amide bonds. The molecule has 23 heavy (non-hydrogen) atoms. The van der Waals surface area contributed by atoms with Crippen LogP contribution in [0.3, 0.4) is 0 Å². The van der Waals surface area contributed by atoms with Gasteiger partial charge in [0.15, 0.2) is 0 Å². The smallest absolute Gasteiger partial charge is 0.308 e. The van der Waals surface area contributed by atoms with Crippen LogP contribution in [0.25, 0.3) is 10.6 Å². The Balaban J connectivity index is 1.81. The van der Waals surface area contributed by atoms with E-state index in [0.717, 1.165) is 17.0 Å². The van der Waals surface area contributed by atoms with Gasteiger partial charge in [-0.3, -0.25) is 9.59 Å². The van der Waals surface area contributed by atoms with Gasteiger partial charge in [0, 0.05) is 18.2 Å². The number of nitrogens with zero attached hydrogens (tertiary/aromatic N) is 2. The van der Waals surface area contributed by atoms with E-state index in [1.54, 1.807) is 11.1 Å². The van der Waals surface area contributed by atoms with E-state index >= 15 is 0 Å². The molecule has 1 aliphatic rings. The second kappa shape index (κ2) is 6.50. The molecule has 1 aliphatic heterocycles. The van der Waals surface area contributed by atoms with Crippen molar-refractivity contribution in [3.8, 4) is 10.6 Å². The highest BCUT2D eigenvalue weighted by molar-refractivity contribution is 7.16. The number of rotatable bonds is 3. The first-order valence-corrected chi connectivity index (χ1v) is 8.44. The summed E-state index contributed by atoms with van der Waals surface area (Å²) in [6.07, 6.45) is 2.93. The van der Waals surface area contributed by atoms with Crippen LogP contribution in [-0.2, 0) is 4.79 Å². The largest absolute Gasteiger partial charge is 0.481 e. The number of piperidine rings is 1. The molecular formula is C17H18N2O3S. The second-order valence-corrected chi connectivity index (χ2v) is 6.75. The summed E-state index contributed by atoms with van der Waals surface area (Å²) in [6.45, 7) is 2.41. The predicted molar refractivity (Wildman–Crippen MR) is 88.4 cm³/mol. The van der Waals surface area contributed by atoms with E-state index in [1.807, 2.05) is 37.3 Å². The van der Waals surface area contributed by atoms with Gasteiger partial charge in [-0.05, 0) is 19.8 Å². The highest BCUT2D eigenvalue weighted by Gasteiger charge is 2.36. The molecule has 120 valence electrons. The van der Waals surface area contributed by atoms with Crippen LogP contribution in [0.2, 0.25) is 0 Å². The summed E-state index contributed by atoms with van der Waals surface area (Å²) in [5, 5.41) is 10.1. The van der Waals surface area contributed by atoms with Crippen molar-refractivity contribution in [3.05, 3.63) is 41.4 Å². The molecule has 0 spiro atoms. The number of thiazole rings is 1. The van der Waals surface area contributed by atoms with Crippen molar-refractivity contribution >= 4 is 23.2 Å². The summed E-state index contributed by atoms with van der Waals surface area (Å²) in [5.74, 6) is -1.44. The minimum atomic E-state index is -0.829. The third-order valence-corrected chi connectivity index (χ3v) is 5.34. The van der Waals surface area contributed by atoms with Gasteiger partial charge in [0.2, 0.25) is 0 Å². The quantitative estimate of drug-likeness (QED) is 0.938. The summed E-state index contributed by atoms with van der Waals surface area (Å²) in [4.78, 5) is 30.6. The number of carboxylic acid groups (broad SMARTS) is 1. The SMILES string of the molecule is C[C@@H]1[C@H](C(=O)O)CCCN1C(=O)c1cnc(-c2ccccc2)s1. The third-order valence-electron chi connectivity index (χ3n) is 4.30. The van der Waals surface area contributed by atoms with Crippen LogP contribution >= 0.6 is 11.3 Å². The number of carboxylic acids is 1. The average Bonchev–Trinajstić information content (AvgIpc) is 3.05. The topological polar surface area (TPSA) is 70.5 Å². The summed E-state index contributed by atoms with van der Waals surface area (Å²) in [7, 11) is 0. The fourth-order valence-electron chi connectivity index (χ4n) is 2.99. The molecule has 0 unspecified atom stereocenters. The Kier molecular flexibility index (Phi) is 4.43. The summed E-state index contributed by atoms with van der Waals surface area (Å²) < 4.78 is 0. The zero-order valence-corrected chi connectivity index (χ0v) is 13.6. The van der Waals surface area contributed by atoms with E-state index in [-0.39, 0.29) is 11.9 Å². The van der Waals surface area contributed by atoms with Crippen LogP contribution in [0, 0.1) is 5.92 Å². The maximum atomic E-state index is 12.7. The Morgan fingerprint density at radius 3 is 2.74 bits per heavy atom. The summed E-state index contributed by atoms with van der Waals surface area (Å²) in [6, 6.07) is 9.42. The fraction of sp³-hybridized carbons (Fsp3) is 0.353. The van der Waals surface area contributed by atoms with Crippen LogP contribution in [0.1, 0.15) is 29.4 Å². The molecule has 2 heterocycles. The Morgan fingerprint density at radius 1 is 1.30 bits per heavy atom. The number of carbonyl (C=O) groups excluding carboxylic acids is 1. The maximum absolute atomic E-state index is 12.7. The first-order chi connectivity index (χ1) is 11.1. The van der Waals surface area contributed by atoms with Gasteiger partial charge < -0.3 is 10.0 Å². The lowest BCUT2D eigenvalue weighted by Gasteiger charge is -2.37. The van der Waals surface area contributed by atoms with Crippen LogP contribution < -0.4 is 0 Å². The molecule has 1 saturated heterocycles. The van der Waals surface area contributed by atoms with Crippen molar-refractivity contribution in [1.82, 2.24) is 9.88 Å². The molecule has 5 nitrogen and oxygen atoms in total. The zero-order valence-electron chi connectivity index (χ0n) is 12.8. The molecule has 6 heteroatoms. The molecule has 1 aromatic carbocycles. The van der Waals surface area contributed by atoms with E-state index in [2.05, 4.69) is 4.98 Å². The number of hydrogen-bond acceptors (Lipinski definition) is 4. The number of benzene rings is 1. The van der Waals surface area contributed by atoms with Crippen molar-refractivity contribution in [3.63, 3.8) is 0 Å². The fourth-order valence-corrected chi connectivity index (χ4v) is 3.87. The normalized spacial score (nSPS) is 21.2. The Hall–Kier alpha value is -2.21. The van der Waals surface area contributed by atoms with Crippen LogP contribution in [0.5, 0.6) is 0 Å². The van der Waals surface area contributed by atoms with Crippen molar-refractivity contribution in [2.75, 3.05) is 6.54 Å². The lowest BCUT2D eigenvalue weighted by Crippen LogP contribution is -2.48. The molecule has 0 radical (unpaired) electrons. The van der Waals surface area contributed by atoms with Crippen LogP contribution in [-0.4, -0.2) is 39.5 Å². The zero-order chi connectivity index (χ0) is 16.4. The molecule has 0 aliphatic carbocycles. The Morgan fingerprint density at radius 2 is 2.04 bits per heavy atom. The lowest BCUT2D eigenvalue weighted by molar-refractivity contribution is -0.144. The lowest BCUT2D eigenvalue weighted by atomic mass is 9.90. The maximum Gasteiger partial charge on any atom is 0.308 e. The molecule has 2 atom stereocenters. The number of aliphatic carboxylic acids is 1. The van der Waals surface area contributed by atoms with Gasteiger partial charge in [-0.1, -0.05) is 30.3 Å². The highest BCUT2D eigenvalue weighted by atomic mass is 32.1. The van der Waals surface area contributed by atoms with Gasteiger partial charge >= 0.3 is 5.97 Å². The number of likely N-dealkylation sites (tertiary alicyclic amines) is 1. The summed E-state index contributed by atoms with van der Waals surface area (Å²) >= 11 is 1.35. The number of carbonyl (C=O) groups is 2. The van der Waals surface area contributed by atoms with Crippen molar-refractivity contribution in [2.24, 2.45) is 5.92 Å². The molecule has 2 aromatic rings. The molecule has 3 rings (SSSR count). The molecule has 0 bridgehead atoms. The Labute approximate surface area is 138 Å². The van der Waals surface area contributed by atoms with Gasteiger partial charge in [-0.25, -0.2) is 4.98 Å². The molecule has 1 fully saturated rings. The number of aromatic nitrogens is 1. The Bertz CT molecular complexity index is 714. The average molecular weight is 330 g/mol. The predicted octanol–water partition coefficient (Wildman–Crippen LogP) is 3.14. The molecule has 0 saturated carbocycles. The molecular weight excluding hydrogens is 312 g/mol. The first kappa shape index (κ1) is 15.7. The van der Waals surface area contributed by atoms with Crippen molar-refractivity contribution in [2.45, 2.75) is 25.8 Å². The van der Waals surface area contributed by atoms with Crippen molar-refractivity contribution in [1.29, 1.82) is 0 Å². The van der Waals surface area contributed by atoms with Crippen LogP contribution in [0.15, 0.2) is 36.5 Å². The second-order valence-electron chi connectivity index (χ2n) is 5.72. The number of amides is 1.